The smallest absolute Gasteiger partial charge is 0.279 e. The van der Waals surface area contributed by atoms with Gasteiger partial charge in [0.05, 0.1) is 27.0 Å². The Morgan fingerprint density at radius 1 is 0.931 bits per heavy atom. The third kappa shape index (κ3) is 2.96. The van der Waals surface area contributed by atoms with Crippen LogP contribution in [0.4, 0.5) is 5.69 Å². The maximum Gasteiger partial charge on any atom is 0.279 e. The normalized spacial score (nSPS) is 20.3. The Labute approximate surface area is 171 Å². The maximum atomic E-state index is 13.2. The number of nitrogens with zero attached hydrogens (tertiary/aromatic N) is 2. The predicted octanol–water partition coefficient (Wildman–Crippen LogP) is 2.66. The van der Waals surface area contributed by atoms with Crippen molar-refractivity contribution in [2.24, 2.45) is 11.1 Å². The van der Waals surface area contributed by atoms with Gasteiger partial charge in [-0.15, -0.1) is 0 Å². The zero-order valence-corrected chi connectivity index (χ0v) is 16.6. The van der Waals surface area contributed by atoms with Gasteiger partial charge >= 0.3 is 0 Å². The van der Waals surface area contributed by atoms with Crippen molar-refractivity contribution in [2.45, 2.75) is 6.10 Å². The average molecular weight is 417 g/mol. The Balaban J connectivity index is 1.73. The average Bonchev–Trinajstić information content (AvgIpc) is 3.27. The highest BCUT2D eigenvalue weighted by molar-refractivity contribution is 6.34. The van der Waals surface area contributed by atoms with E-state index in [0.717, 1.165) is 4.90 Å². The van der Waals surface area contributed by atoms with Crippen LogP contribution in [-0.4, -0.2) is 45.0 Å². The van der Waals surface area contributed by atoms with Crippen LogP contribution in [0.5, 0.6) is 17.2 Å². The number of oxime groups is 1. The van der Waals surface area contributed by atoms with E-state index in [1.165, 1.54) is 27.4 Å². The van der Waals surface area contributed by atoms with Gasteiger partial charge in [0, 0.05) is 10.6 Å². The zero-order chi connectivity index (χ0) is 20.7. The number of anilines is 1. The number of hydrogen-bond donors (Lipinski definition) is 0. The van der Waals surface area contributed by atoms with Crippen LogP contribution in [0, 0.1) is 5.92 Å². The second-order valence-corrected chi connectivity index (χ2v) is 6.81. The topological polar surface area (TPSA) is 86.7 Å². The standard InChI is InChI=1S/C20H17ClN2O6/c1-26-13-7-5-11(21)9-12(13)23-19(24)16-17(22-29-18(16)20(23)25)10-4-6-14(27-2)15(8-10)28-3/h4-9,16,18H,1-3H3. The fraction of sp³-hybridized carbons (Fsp3) is 0.250. The van der Waals surface area contributed by atoms with E-state index in [1.807, 2.05) is 0 Å². The number of halogens is 1. The number of carbonyl (C=O) groups excluding carboxylic acids is 2. The van der Waals surface area contributed by atoms with Gasteiger partial charge in [-0.25, -0.2) is 4.90 Å². The number of methoxy groups -OCH3 is 3. The molecule has 29 heavy (non-hydrogen) atoms. The molecule has 1 saturated heterocycles. The van der Waals surface area contributed by atoms with Crippen LogP contribution in [0.15, 0.2) is 41.6 Å². The summed E-state index contributed by atoms with van der Waals surface area (Å²) in [5.41, 5.74) is 1.20. The molecule has 0 aliphatic carbocycles. The van der Waals surface area contributed by atoms with Crippen molar-refractivity contribution in [1.29, 1.82) is 0 Å². The number of benzene rings is 2. The molecule has 1 fully saturated rings. The van der Waals surface area contributed by atoms with Crippen LogP contribution < -0.4 is 19.1 Å². The lowest BCUT2D eigenvalue weighted by Crippen LogP contribution is -2.33. The molecule has 0 spiro atoms. The molecule has 2 aliphatic heterocycles. The van der Waals surface area contributed by atoms with Crippen LogP contribution in [-0.2, 0) is 14.4 Å². The van der Waals surface area contributed by atoms with Gasteiger partial charge in [0.2, 0.25) is 12.0 Å². The van der Waals surface area contributed by atoms with E-state index in [9.17, 15) is 9.59 Å². The van der Waals surface area contributed by atoms with Gasteiger partial charge in [0.1, 0.15) is 17.4 Å². The number of rotatable bonds is 5. The highest BCUT2D eigenvalue weighted by Crippen LogP contribution is 2.40. The number of imide groups is 1. The van der Waals surface area contributed by atoms with Gasteiger partial charge in [0.15, 0.2) is 11.5 Å². The Morgan fingerprint density at radius 2 is 1.62 bits per heavy atom. The van der Waals surface area contributed by atoms with E-state index in [1.54, 1.807) is 30.3 Å². The minimum atomic E-state index is -1.05. The summed E-state index contributed by atoms with van der Waals surface area (Å²) < 4.78 is 15.8. The molecule has 0 N–H and O–H groups in total. The summed E-state index contributed by atoms with van der Waals surface area (Å²) in [5, 5.41) is 4.37. The summed E-state index contributed by atoms with van der Waals surface area (Å²) in [6.07, 6.45) is -1.05. The van der Waals surface area contributed by atoms with Crippen LogP contribution in [0.2, 0.25) is 5.02 Å². The van der Waals surface area contributed by atoms with E-state index in [4.69, 9.17) is 30.6 Å². The third-order valence-corrected chi connectivity index (χ3v) is 5.11. The first-order chi connectivity index (χ1) is 14.0. The van der Waals surface area contributed by atoms with E-state index < -0.39 is 23.8 Å². The summed E-state index contributed by atoms with van der Waals surface area (Å²) >= 11 is 6.07. The Bertz CT molecular complexity index is 1040. The fourth-order valence-corrected chi connectivity index (χ4v) is 3.65. The lowest BCUT2D eigenvalue weighted by atomic mass is 9.94. The first kappa shape index (κ1) is 19.1. The molecule has 0 saturated carbocycles. The molecule has 0 aromatic heterocycles. The minimum absolute atomic E-state index is 0.264. The van der Waals surface area contributed by atoms with Crippen LogP contribution in [0.1, 0.15) is 5.56 Å². The lowest BCUT2D eigenvalue weighted by molar-refractivity contribution is -0.126. The van der Waals surface area contributed by atoms with Crippen LogP contribution >= 0.6 is 11.6 Å². The Morgan fingerprint density at radius 3 is 2.31 bits per heavy atom. The second kappa shape index (κ2) is 7.29. The van der Waals surface area contributed by atoms with E-state index >= 15 is 0 Å². The summed E-state index contributed by atoms with van der Waals surface area (Å²) in [6, 6.07) is 9.82. The molecule has 2 heterocycles. The van der Waals surface area contributed by atoms with Crippen molar-refractivity contribution < 1.29 is 28.6 Å². The number of ether oxygens (including phenoxy) is 3. The molecular weight excluding hydrogens is 400 g/mol. The molecular formula is C20H17ClN2O6. The molecule has 0 radical (unpaired) electrons. The molecule has 150 valence electrons. The largest absolute Gasteiger partial charge is 0.495 e. The van der Waals surface area contributed by atoms with Gasteiger partial charge in [-0.05, 0) is 36.4 Å². The molecule has 2 atom stereocenters. The van der Waals surface area contributed by atoms with E-state index in [0.29, 0.717) is 33.5 Å². The third-order valence-electron chi connectivity index (χ3n) is 4.87. The lowest BCUT2D eigenvalue weighted by Gasteiger charge is -2.18. The summed E-state index contributed by atoms with van der Waals surface area (Å²) in [7, 11) is 4.49. The molecule has 2 unspecified atom stereocenters. The maximum absolute atomic E-state index is 13.2. The predicted molar refractivity (Wildman–Crippen MR) is 105 cm³/mol. The van der Waals surface area contributed by atoms with Gasteiger partial charge in [-0.1, -0.05) is 16.8 Å². The van der Waals surface area contributed by atoms with Crippen molar-refractivity contribution in [2.75, 3.05) is 26.2 Å². The molecule has 2 amide bonds. The summed E-state index contributed by atoms with van der Waals surface area (Å²) in [4.78, 5) is 32.5. The van der Waals surface area contributed by atoms with Gasteiger partial charge in [-0.3, -0.25) is 9.59 Å². The first-order valence-corrected chi connectivity index (χ1v) is 9.05. The molecule has 8 nitrogen and oxygen atoms in total. The molecule has 2 aromatic rings. The highest BCUT2D eigenvalue weighted by atomic mass is 35.5. The second-order valence-electron chi connectivity index (χ2n) is 6.38. The van der Waals surface area contributed by atoms with Gasteiger partial charge in [0.25, 0.3) is 5.91 Å². The highest BCUT2D eigenvalue weighted by Gasteiger charge is 2.56. The van der Waals surface area contributed by atoms with Crippen molar-refractivity contribution in [3.63, 3.8) is 0 Å². The van der Waals surface area contributed by atoms with Crippen LogP contribution in [0.3, 0.4) is 0 Å². The van der Waals surface area contributed by atoms with Crippen molar-refractivity contribution in [3.8, 4) is 17.2 Å². The zero-order valence-electron chi connectivity index (χ0n) is 15.8. The number of amides is 2. The molecule has 2 aromatic carbocycles. The van der Waals surface area contributed by atoms with E-state index in [2.05, 4.69) is 5.16 Å². The molecule has 4 rings (SSSR count). The van der Waals surface area contributed by atoms with Gasteiger partial charge in [-0.2, -0.15) is 0 Å². The monoisotopic (exact) mass is 416 g/mol. The van der Waals surface area contributed by atoms with E-state index in [-0.39, 0.29) is 5.69 Å². The van der Waals surface area contributed by atoms with Crippen molar-refractivity contribution in [3.05, 3.63) is 47.0 Å². The van der Waals surface area contributed by atoms with Crippen LogP contribution in [0.25, 0.3) is 0 Å². The van der Waals surface area contributed by atoms with Crippen molar-refractivity contribution in [1.82, 2.24) is 0 Å². The number of hydrogen-bond acceptors (Lipinski definition) is 7. The quantitative estimate of drug-likeness (QED) is 0.696. The van der Waals surface area contributed by atoms with Crippen molar-refractivity contribution >= 4 is 34.8 Å². The summed E-state index contributed by atoms with van der Waals surface area (Å²) in [6.45, 7) is 0. The fourth-order valence-electron chi connectivity index (χ4n) is 3.49. The minimum Gasteiger partial charge on any atom is -0.495 e. The van der Waals surface area contributed by atoms with Gasteiger partial charge < -0.3 is 19.0 Å². The Hall–Kier alpha value is -3.26. The molecule has 2 aliphatic rings. The summed E-state index contributed by atoms with van der Waals surface area (Å²) in [5.74, 6) is -0.524. The molecule has 9 heteroatoms. The first-order valence-electron chi connectivity index (χ1n) is 8.67. The Kier molecular flexibility index (Phi) is 4.79. The number of carbonyl (C=O) groups is 2. The molecule has 0 bridgehead atoms. The number of fused-ring (bicyclic) bond motifs is 1. The SMILES string of the molecule is COc1ccc(C2=NOC3C(=O)N(c4cc(Cl)ccc4OC)C(=O)C23)cc1OC.